The smallest absolute Gasteiger partial charge is 0.259 e. The van der Waals surface area contributed by atoms with E-state index in [1.54, 1.807) is 23.2 Å². The summed E-state index contributed by atoms with van der Waals surface area (Å²) in [4.78, 5) is 35.1. The Kier molecular flexibility index (Phi) is 5.21. The predicted molar refractivity (Wildman–Crippen MR) is 112 cm³/mol. The van der Waals surface area contributed by atoms with Gasteiger partial charge in [0, 0.05) is 50.0 Å². The van der Waals surface area contributed by atoms with Crippen LogP contribution in [-0.2, 0) is 6.54 Å². The molecule has 2 aliphatic heterocycles. The van der Waals surface area contributed by atoms with Gasteiger partial charge in [0.2, 0.25) is 5.43 Å². The molecule has 0 radical (unpaired) electrons. The van der Waals surface area contributed by atoms with E-state index in [2.05, 4.69) is 16.8 Å². The van der Waals surface area contributed by atoms with Gasteiger partial charge in [-0.05, 0) is 44.9 Å². The Labute approximate surface area is 170 Å². The van der Waals surface area contributed by atoms with E-state index in [1.165, 1.54) is 0 Å². The molecule has 2 atom stereocenters. The zero-order valence-electron chi connectivity index (χ0n) is 17.5. The third-order valence-corrected chi connectivity index (χ3v) is 6.60. The highest BCUT2D eigenvalue weighted by molar-refractivity contribution is 5.97. The minimum atomic E-state index is -0.274. The van der Waals surface area contributed by atoms with Crippen LogP contribution in [0.5, 0.6) is 0 Å². The van der Waals surface area contributed by atoms with E-state index in [0.717, 1.165) is 31.7 Å². The molecular weight excluding hydrogens is 368 g/mol. The minimum Gasteiger partial charge on any atom is -0.396 e. The van der Waals surface area contributed by atoms with Gasteiger partial charge in [-0.1, -0.05) is 6.92 Å². The van der Waals surface area contributed by atoms with Crippen LogP contribution in [0.4, 0.5) is 0 Å². The van der Waals surface area contributed by atoms with Crippen molar-refractivity contribution in [2.75, 3.05) is 39.3 Å². The Morgan fingerprint density at radius 3 is 2.72 bits per heavy atom. The van der Waals surface area contributed by atoms with Crippen molar-refractivity contribution < 1.29 is 9.90 Å². The number of aromatic nitrogens is 2. The fourth-order valence-electron chi connectivity index (χ4n) is 5.08. The topological polar surface area (TPSA) is 78.7 Å². The highest BCUT2D eigenvalue weighted by Gasteiger charge is 2.53. The first-order valence-corrected chi connectivity index (χ1v) is 10.6. The lowest BCUT2D eigenvalue weighted by atomic mass is 9.82. The monoisotopic (exact) mass is 398 g/mol. The molecule has 0 saturated carbocycles. The second-order valence-electron chi connectivity index (χ2n) is 8.62. The number of aliphatic hydroxyl groups is 1. The van der Waals surface area contributed by atoms with E-state index in [9.17, 15) is 14.7 Å². The van der Waals surface area contributed by atoms with Gasteiger partial charge in [-0.25, -0.2) is 4.98 Å². The maximum absolute atomic E-state index is 13.3. The van der Waals surface area contributed by atoms with Crippen LogP contribution < -0.4 is 5.43 Å². The predicted octanol–water partition coefficient (Wildman–Crippen LogP) is 1.50. The molecule has 29 heavy (non-hydrogen) atoms. The van der Waals surface area contributed by atoms with Gasteiger partial charge in [0.1, 0.15) is 11.2 Å². The molecule has 7 heteroatoms. The Bertz CT molecular complexity index is 1000. The van der Waals surface area contributed by atoms with Crippen molar-refractivity contribution in [2.24, 2.45) is 11.3 Å². The molecule has 2 aromatic rings. The summed E-state index contributed by atoms with van der Waals surface area (Å²) >= 11 is 0. The van der Waals surface area contributed by atoms with Crippen molar-refractivity contribution >= 4 is 16.9 Å². The van der Waals surface area contributed by atoms with Gasteiger partial charge in [-0.2, -0.15) is 0 Å². The standard InChI is InChI=1S/C22H30N4O3/c1-4-8-24-9-16-10-26(13-22(16,12-24)14-27)21(29)18-11-25(5-2)20-17(19(18)28)7-6-15(3)23-20/h6-7,11,16,27H,4-5,8-10,12-14H2,1-3H3. The van der Waals surface area contributed by atoms with Crippen LogP contribution in [0, 0.1) is 18.3 Å². The number of nitrogens with zero attached hydrogens (tertiary/aromatic N) is 4. The number of carbonyl (C=O) groups excluding carboxylic acids is 1. The molecule has 4 heterocycles. The molecule has 2 aromatic heterocycles. The normalized spacial score (nSPS) is 24.4. The summed E-state index contributed by atoms with van der Waals surface area (Å²) in [5.74, 6) is 0.0186. The number of carbonyl (C=O) groups is 1. The van der Waals surface area contributed by atoms with Gasteiger partial charge < -0.3 is 19.5 Å². The summed E-state index contributed by atoms with van der Waals surface area (Å²) in [6.45, 7) is 10.6. The molecule has 0 spiro atoms. The maximum atomic E-state index is 13.3. The molecule has 1 N–H and O–H groups in total. The fourth-order valence-corrected chi connectivity index (χ4v) is 5.08. The van der Waals surface area contributed by atoms with Crippen LogP contribution in [0.15, 0.2) is 23.1 Å². The summed E-state index contributed by atoms with van der Waals surface area (Å²) in [5, 5.41) is 10.6. The second kappa shape index (κ2) is 7.54. The number of likely N-dealkylation sites (tertiary alicyclic amines) is 2. The van der Waals surface area contributed by atoms with Gasteiger partial charge >= 0.3 is 0 Å². The quantitative estimate of drug-likeness (QED) is 0.826. The van der Waals surface area contributed by atoms with Gasteiger partial charge in [0.05, 0.1) is 12.0 Å². The Balaban J connectivity index is 1.66. The molecular formula is C22H30N4O3. The average molecular weight is 399 g/mol. The van der Waals surface area contributed by atoms with Gasteiger partial charge in [0.15, 0.2) is 0 Å². The van der Waals surface area contributed by atoms with Crippen LogP contribution >= 0.6 is 0 Å². The van der Waals surface area contributed by atoms with Crippen molar-refractivity contribution in [3.8, 4) is 0 Å². The zero-order valence-corrected chi connectivity index (χ0v) is 17.5. The number of hydrogen-bond donors (Lipinski definition) is 1. The van der Waals surface area contributed by atoms with Crippen molar-refractivity contribution in [3.05, 3.63) is 39.8 Å². The highest BCUT2D eigenvalue weighted by atomic mass is 16.3. The van der Waals surface area contributed by atoms with Crippen LogP contribution in [-0.4, -0.2) is 69.7 Å². The fraction of sp³-hybridized carbons (Fsp3) is 0.591. The van der Waals surface area contributed by atoms with Crippen LogP contribution in [0.2, 0.25) is 0 Å². The number of rotatable bonds is 5. The van der Waals surface area contributed by atoms with E-state index >= 15 is 0 Å². The van der Waals surface area contributed by atoms with Crippen LogP contribution in [0.3, 0.4) is 0 Å². The molecule has 2 aliphatic rings. The van der Waals surface area contributed by atoms with E-state index in [4.69, 9.17) is 0 Å². The van der Waals surface area contributed by atoms with Gasteiger partial charge in [0.25, 0.3) is 5.91 Å². The molecule has 1 amide bonds. The summed E-state index contributed by atoms with van der Waals surface area (Å²) < 4.78 is 1.87. The third kappa shape index (κ3) is 3.26. The molecule has 2 unspecified atom stereocenters. The van der Waals surface area contributed by atoms with Crippen molar-refractivity contribution in [1.29, 1.82) is 0 Å². The van der Waals surface area contributed by atoms with E-state index in [1.807, 2.05) is 18.4 Å². The summed E-state index contributed by atoms with van der Waals surface area (Å²) in [6.07, 6.45) is 2.74. The van der Waals surface area contributed by atoms with Gasteiger partial charge in [-0.15, -0.1) is 0 Å². The minimum absolute atomic E-state index is 0.0712. The number of hydrogen-bond acceptors (Lipinski definition) is 5. The molecule has 7 nitrogen and oxygen atoms in total. The lowest BCUT2D eigenvalue weighted by Crippen LogP contribution is -2.40. The molecule has 2 saturated heterocycles. The number of aliphatic hydroxyl groups excluding tert-OH is 1. The number of fused-ring (bicyclic) bond motifs is 2. The van der Waals surface area contributed by atoms with E-state index < -0.39 is 0 Å². The Hall–Kier alpha value is -2.25. The van der Waals surface area contributed by atoms with Crippen LogP contribution in [0.1, 0.15) is 36.3 Å². The van der Waals surface area contributed by atoms with E-state index in [-0.39, 0.29) is 34.8 Å². The molecule has 0 aromatic carbocycles. The number of aryl methyl sites for hydroxylation is 2. The molecule has 0 bridgehead atoms. The van der Waals surface area contributed by atoms with Crippen molar-refractivity contribution in [2.45, 2.75) is 33.7 Å². The highest BCUT2D eigenvalue weighted by Crippen LogP contribution is 2.42. The summed E-state index contributed by atoms with van der Waals surface area (Å²) in [5.41, 5.74) is 1.12. The Morgan fingerprint density at radius 2 is 2.07 bits per heavy atom. The van der Waals surface area contributed by atoms with E-state index in [0.29, 0.717) is 30.7 Å². The first kappa shape index (κ1) is 20.0. The van der Waals surface area contributed by atoms with Gasteiger partial charge in [-0.3, -0.25) is 9.59 Å². The number of pyridine rings is 2. The lowest BCUT2D eigenvalue weighted by molar-refractivity contribution is 0.0719. The van der Waals surface area contributed by atoms with Crippen molar-refractivity contribution in [1.82, 2.24) is 19.4 Å². The number of amides is 1. The van der Waals surface area contributed by atoms with Crippen molar-refractivity contribution in [3.63, 3.8) is 0 Å². The zero-order chi connectivity index (χ0) is 20.8. The first-order valence-electron chi connectivity index (χ1n) is 10.6. The Morgan fingerprint density at radius 1 is 1.28 bits per heavy atom. The SMILES string of the molecule is CCCN1CC2CN(C(=O)c3cn(CC)c4nc(C)ccc4c3=O)CC2(CO)C1. The molecule has 4 rings (SSSR count). The third-order valence-electron chi connectivity index (χ3n) is 6.60. The van der Waals surface area contributed by atoms with Crippen LogP contribution in [0.25, 0.3) is 11.0 Å². The maximum Gasteiger partial charge on any atom is 0.259 e. The first-order chi connectivity index (χ1) is 13.9. The molecule has 0 aliphatic carbocycles. The molecule has 2 fully saturated rings. The molecule has 156 valence electrons. The largest absolute Gasteiger partial charge is 0.396 e. The lowest BCUT2D eigenvalue weighted by Gasteiger charge is -2.27. The summed E-state index contributed by atoms with van der Waals surface area (Å²) in [7, 11) is 0. The average Bonchev–Trinajstić information content (AvgIpc) is 3.22. The second-order valence-corrected chi connectivity index (χ2v) is 8.62. The summed E-state index contributed by atoms with van der Waals surface area (Å²) in [6, 6.07) is 3.57.